The van der Waals surface area contributed by atoms with Crippen molar-refractivity contribution in [2.24, 2.45) is 0 Å². The summed E-state index contributed by atoms with van der Waals surface area (Å²) in [5, 5.41) is 15.3. The molecule has 150 valence electrons. The van der Waals surface area contributed by atoms with E-state index in [9.17, 15) is 14.5 Å². The van der Waals surface area contributed by atoms with Crippen molar-refractivity contribution in [1.29, 1.82) is 0 Å². The number of nitro groups is 1. The second-order valence-electron chi connectivity index (χ2n) is 7.02. The van der Waals surface area contributed by atoms with Crippen molar-refractivity contribution in [1.82, 2.24) is 9.88 Å². The van der Waals surface area contributed by atoms with E-state index in [1.54, 1.807) is 42.6 Å². The number of halogens is 1. The van der Waals surface area contributed by atoms with Crippen LogP contribution in [0.15, 0.2) is 54.7 Å². The molecule has 29 heavy (non-hydrogen) atoms. The molecule has 0 spiro atoms. The summed E-state index contributed by atoms with van der Waals surface area (Å²) in [6.45, 7) is 4.93. The van der Waals surface area contributed by atoms with Gasteiger partial charge in [0, 0.05) is 51.2 Å². The van der Waals surface area contributed by atoms with Gasteiger partial charge in [-0.2, -0.15) is 0 Å². The highest BCUT2D eigenvalue weighted by molar-refractivity contribution is 5.94. The molecule has 2 aromatic carbocycles. The van der Waals surface area contributed by atoms with Crippen LogP contribution in [0.25, 0.3) is 10.9 Å². The van der Waals surface area contributed by atoms with Crippen LogP contribution in [0.5, 0.6) is 0 Å². The maximum Gasteiger partial charge on any atom is 0.301 e. The van der Waals surface area contributed by atoms with Gasteiger partial charge >= 0.3 is 5.69 Å². The van der Waals surface area contributed by atoms with Crippen LogP contribution in [-0.2, 0) is 0 Å². The SMILES string of the molecule is O=[N+]([O-])c1c(NCCN2CCN(c3ccc(F)cc3)CC2)ccc2ncccc12. The highest BCUT2D eigenvalue weighted by Crippen LogP contribution is 2.32. The van der Waals surface area contributed by atoms with Crippen molar-refractivity contribution in [2.75, 3.05) is 49.5 Å². The first kappa shape index (κ1) is 19.1. The number of nitrogens with zero attached hydrogens (tertiary/aromatic N) is 4. The molecule has 7 nitrogen and oxygen atoms in total. The van der Waals surface area contributed by atoms with E-state index in [2.05, 4.69) is 20.1 Å². The third kappa shape index (κ3) is 4.27. The number of hydrogen-bond acceptors (Lipinski definition) is 6. The highest BCUT2D eigenvalue weighted by atomic mass is 19.1. The maximum atomic E-state index is 13.1. The lowest BCUT2D eigenvalue weighted by molar-refractivity contribution is -0.382. The van der Waals surface area contributed by atoms with Gasteiger partial charge in [0.15, 0.2) is 0 Å². The largest absolute Gasteiger partial charge is 0.378 e. The lowest BCUT2D eigenvalue weighted by Crippen LogP contribution is -2.47. The molecule has 1 fully saturated rings. The van der Waals surface area contributed by atoms with E-state index in [0.29, 0.717) is 23.1 Å². The molecule has 1 aliphatic heterocycles. The second kappa shape index (κ2) is 8.40. The summed E-state index contributed by atoms with van der Waals surface area (Å²) in [4.78, 5) is 20.0. The van der Waals surface area contributed by atoms with Gasteiger partial charge in [-0.05, 0) is 48.5 Å². The molecule has 1 aliphatic rings. The molecule has 0 unspecified atom stereocenters. The molecule has 0 aliphatic carbocycles. The average molecular weight is 395 g/mol. The minimum atomic E-state index is -0.353. The minimum absolute atomic E-state index is 0.0664. The summed E-state index contributed by atoms with van der Waals surface area (Å²) < 4.78 is 13.1. The standard InChI is InChI=1S/C21H22FN5O2/c22-16-3-5-17(6-4-16)26-14-12-25(13-15-26)11-10-24-20-8-7-19-18(2-1-9-23-19)21(20)27(28)29/h1-9,24H,10-15H2. The van der Waals surface area contributed by atoms with Crippen molar-refractivity contribution < 1.29 is 9.31 Å². The summed E-state index contributed by atoms with van der Waals surface area (Å²) in [6.07, 6.45) is 1.63. The Morgan fingerprint density at radius 2 is 1.83 bits per heavy atom. The highest BCUT2D eigenvalue weighted by Gasteiger charge is 2.20. The number of anilines is 2. The van der Waals surface area contributed by atoms with Gasteiger partial charge in [0.25, 0.3) is 0 Å². The van der Waals surface area contributed by atoms with Gasteiger partial charge in [0.05, 0.1) is 15.8 Å². The lowest BCUT2D eigenvalue weighted by atomic mass is 10.1. The van der Waals surface area contributed by atoms with Gasteiger partial charge in [-0.25, -0.2) is 4.39 Å². The molecule has 0 bridgehead atoms. The third-order valence-corrected chi connectivity index (χ3v) is 5.25. The van der Waals surface area contributed by atoms with Gasteiger partial charge in [-0.15, -0.1) is 0 Å². The summed E-state index contributed by atoms with van der Waals surface area (Å²) in [5.41, 5.74) is 2.23. The number of pyridine rings is 1. The van der Waals surface area contributed by atoms with Gasteiger partial charge in [-0.3, -0.25) is 20.0 Å². The van der Waals surface area contributed by atoms with E-state index in [0.717, 1.165) is 38.4 Å². The summed E-state index contributed by atoms with van der Waals surface area (Å²) in [6, 6.07) is 13.5. The van der Waals surface area contributed by atoms with Crippen LogP contribution in [0, 0.1) is 15.9 Å². The van der Waals surface area contributed by atoms with Crippen LogP contribution >= 0.6 is 0 Å². The number of benzene rings is 2. The number of nitro benzene ring substituents is 1. The zero-order chi connectivity index (χ0) is 20.2. The first-order valence-corrected chi connectivity index (χ1v) is 9.61. The average Bonchev–Trinajstić information content (AvgIpc) is 2.74. The molecule has 1 aromatic heterocycles. The fourth-order valence-electron chi connectivity index (χ4n) is 3.71. The Hall–Kier alpha value is -3.26. The van der Waals surface area contributed by atoms with Crippen LogP contribution in [-0.4, -0.2) is 54.1 Å². The number of piperazine rings is 1. The number of nitrogens with one attached hydrogen (secondary N) is 1. The maximum absolute atomic E-state index is 13.1. The van der Waals surface area contributed by atoms with E-state index in [-0.39, 0.29) is 16.4 Å². The van der Waals surface area contributed by atoms with Crippen LogP contribution in [0.2, 0.25) is 0 Å². The normalized spacial score (nSPS) is 14.9. The zero-order valence-electron chi connectivity index (χ0n) is 15.9. The topological polar surface area (TPSA) is 74.5 Å². The van der Waals surface area contributed by atoms with E-state index in [1.807, 2.05) is 0 Å². The Morgan fingerprint density at radius 3 is 2.55 bits per heavy atom. The second-order valence-corrected chi connectivity index (χ2v) is 7.02. The van der Waals surface area contributed by atoms with Gasteiger partial charge in [0.2, 0.25) is 0 Å². The molecule has 0 saturated carbocycles. The molecular weight excluding hydrogens is 373 g/mol. The van der Waals surface area contributed by atoms with E-state index in [4.69, 9.17) is 0 Å². The van der Waals surface area contributed by atoms with Crippen LogP contribution in [0.1, 0.15) is 0 Å². The van der Waals surface area contributed by atoms with E-state index in [1.165, 1.54) is 12.1 Å². The first-order valence-electron chi connectivity index (χ1n) is 9.61. The third-order valence-electron chi connectivity index (χ3n) is 5.25. The quantitative estimate of drug-likeness (QED) is 0.509. The Morgan fingerprint density at radius 1 is 1.07 bits per heavy atom. The molecule has 2 heterocycles. The molecular formula is C21H22FN5O2. The Bertz CT molecular complexity index is 1000. The molecule has 0 amide bonds. The number of hydrogen-bond donors (Lipinski definition) is 1. The van der Waals surface area contributed by atoms with Crippen molar-refractivity contribution in [2.45, 2.75) is 0 Å². The van der Waals surface area contributed by atoms with Gasteiger partial charge in [-0.1, -0.05) is 0 Å². The van der Waals surface area contributed by atoms with Crippen LogP contribution in [0.4, 0.5) is 21.5 Å². The summed E-state index contributed by atoms with van der Waals surface area (Å²) in [5.74, 6) is -0.225. The van der Waals surface area contributed by atoms with Crippen molar-refractivity contribution in [3.63, 3.8) is 0 Å². The molecule has 4 rings (SSSR count). The van der Waals surface area contributed by atoms with Crippen LogP contribution in [0.3, 0.4) is 0 Å². The molecule has 8 heteroatoms. The van der Waals surface area contributed by atoms with Crippen LogP contribution < -0.4 is 10.2 Å². The van der Waals surface area contributed by atoms with Crippen molar-refractivity contribution in [3.8, 4) is 0 Å². The molecule has 0 atom stereocenters. The van der Waals surface area contributed by atoms with Crippen molar-refractivity contribution >= 4 is 28.0 Å². The number of fused-ring (bicyclic) bond motifs is 1. The summed E-state index contributed by atoms with van der Waals surface area (Å²) in [7, 11) is 0. The monoisotopic (exact) mass is 395 g/mol. The molecule has 3 aromatic rings. The Kier molecular flexibility index (Phi) is 5.53. The fraction of sp³-hybridized carbons (Fsp3) is 0.286. The van der Waals surface area contributed by atoms with E-state index < -0.39 is 0 Å². The van der Waals surface area contributed by atoms with E-state index >= 15 is 0 Å². The zero-order valence-corrected chi connectivity index (χ0v) is 15.9. The summed E-state index contributed by atoms with van der Waals surface area (Å²) >= 11 is 0. The fourth-order valence-corrected chi connectivity index (χ4v) is 3.71. The smallest absolute Gasteiger partial charge is 0.301 e. The molecule has 0 radical (unpaired) electrons. The first-order chi connectivity index (χ1) is 14.1. The van der Waals surface area contributed by atoms with Gasteiger partial charge in [0.1, 0.15) is 11.5 Å². The number of rotatable bonds is 6. The molecule has 1 saturated heterocycles. The number of aromatic nitrogens is 1. The predicted octanol–water partition coefficient (Wildman–Crippen LogP) is 3.52. The minimum Gasteiger partial charge on any atom is -0.378 e. The van der Waals surface area contributed by atoms with Crippen molar-refractivity contribution in [3.05, 3.63) is 70.7 Å². The molecule has 1 N–H and O–H groups in total. The Labute approximate surface area is 167 Å². The predicted molar refractivity (Wildman–Crippen MR) is 112 cm³/mol. The Balaban J connectivity index is 1.34. The lowest BCUT2D eigenvalue weighted by Gasteiger charge is -2.36. The van der Waals surface area contributed by atoms with Gasteiger partial charge < -0.3 is 10.2 Å².